The van der Waals surface area contributed by atoms with E-state index in [-0.39, 0.29) is 7.43 Å². The van der Waals surface area contributed by atoms with E-state index in [1.807, 2.05) is 27.7 Å². The van der Waals surface area contributed by atoms with Gasteiger partial charge in [0.25, 0.3) is 0 Å². The topological polar surface area (TPSA) is 0 Å². The van der Waals surface area contributed by atoms with Gasteiger partial charge in [0, 0.05) is 0 Å². The van der Waals surface area contributed by atoms with Gasteiger partial charge in [-0.05, 0) is 71.9 Å². The van der Waals surface area contributed by atoms with Gasteiger partial charge in [0.2, 0.25) is 0 Å². The van der Waals surface area contributed by atoms with Gasteiger partial charge >= 0.3 is 0 Å². The van der Waals surface area contributed by atoms with Crippen LogP contribution >= 0.6 is 0 Å². The van der Waals surface area contributed by atoms with Gasteiger partial charge < -0.3 is 0 Å². The van der Waals surface area contributed by atoms with E-state index >= 15 is 0 Å². The minimum absolute atomic E-state index is 0. The summed E-state index contributed by atoms with van der Waals surface area (Å²) in [5, 5.41) is 0. The lowest BCUT2D eigenvalue weighted by molar-refractivity contribution is 0.835. The van der Waals surface area contributed by atoms with Gasteiger partial charge in [-0.15, -0.1) is 0 Å². The van der Waals surface area contributed by atoms with Crippen LogP contribution in [0.15, 0.2) is 36.4 Å². The summed E-state index contributed by atoms with van der Waals surface area (Å²) in [4.78, 5) is 0. The largest absolute Gasteiger partial charge is 0.0776 e. The first-order valence-electron chi connectivity index (χ1n) is 11.3. The van der Waals surface area contributed by atoms with Gasteiger partial charge in [0.05, 0.1) is 0 Å². The summed E-state index contributed by atoms with van der Waals surface area (Å²) in [7, 11) is 0. The number of hydrogen-bond donors (Lipinski definition) is 0. The lowest BCUT2D eigenvalue weighted by Gasteiger charge is -2.13. The third-order valence-electron chi connectivity index (χ3n) is 4.78. The molecule has 0 bridgehead atoms. The molecule has 0 amide bonds. The molecule has 0 heteroatoms. The van der Waals surface area contributed by atoms with Crippen molar-refractivity contribution in [2.75, 3.05) is 0 Å². The molecule has 0 aliphatic carbocycles. The van der Waals surface area contributed by atoms with E-state index in [1.54, 1.807) is 0 Å². The third kappa shape index (κ3) is 11.9. The van der Waals surface area contributed by atoms with Crippen molar-refractivity contribution in [2.24, 2.45) is 0 Å². The number of rotatable bonds is 3. The van der Waals surface area contributed by atoms with Crippen LogP contribution in [-0.2, 0) is 0 Å². The van der Waals surface area contributed by atoms with Crippen LogP contribution in [0.3, 0.4) is 0 Å². The number of hydrogen-bond acceptors (Lipinski definition) is 0. The fourth-order valence-electron chi connectivity index (χ4n) is 2.83. The van der Waals surface area contributed by atoms with Crippen LogP contribution < -0.4 is 0 Å². The number of aryl methyl sites for hydroxylation is 3. The van der Waals surface area contributed by atoms with E-state index in [9.17, 15) is 0 Å². The fourth-order valence-corrected chi connectivity index (χ4v) is 2.83. The summed E-state index contributed by atoms with van der Waals surface area (Å²) < 4.78 is 0. The predicted octanol–water partition coefficient (Wildman–Crippen LogP) is 10.4. The van der Waals surface area contributed by atoms with Gasteiger partial charge in [-0.1, -0.05) is 113 Å². The minimum atomic E-state index is 0. The van der Waals surface area contributed by atoms with Crippen molar-refractivity contribution in [3.63, 3.8) is 0 Å². The maximum absolute atomic E-state index is 2.32. The molecule has 0 aliphatic rings. The molecule has 2 aromatic rings. The smallest absolute Gasteiger partial charge is 0.0216 e. The Morgan fingerprint density at radius 1 is 0.483 bits per heavy atom. The molecule has 0 N–H and O–H groups in total. The van der Waals surface area contributed by atoms with Gasteiger partial charge in [-0.2, -0.15) is 0 Å². The maximum atomic E-state index is 2.32. The predicted molar refractivity (Wildman–Crippen MR) is 139 cm³/mol. The molecule has 0 spiro atoms. The van der Waals surface area contributed by atoms with E-state index < -0.39 is 0 Å². The van der Waals surface area contributed by atoms with Crippen molar-refractivity contribution in [3.05, 3.63) is 69.8 Å². The van der Waals surface area contributed by atoms with Crippen molar-refractivity contribution < 1.29 is 0 Å². The highest BCUT2D eigenvalue weighted by molar-refractivity contribution is 5.34. The Labute approximate surface area is 185 Å². The molecule has 0 heterocycles. The van der Waals surface area contributed by atoms with Gasteiger partial charge in [0.15, 0.2) is 0 Å². The highest BCUT2D eigenvalue weighted by Gasteiger charge is 2.05. The van der Waals surface area contributed by atoms with Crippen molar-refractivity contribution in [1.29, 1.82) is 0 Å². The molecule has 0 nitrogen and oxygen atoms in total. The summed E-state index contributed by atoms with van der Waals surface area (Å²) in [6.07, 6.45) is 0. The summed E-state index contributed by atoms with van der Waals surface area (Å²) in [5.41, 5.74) is 8.58. The molecule has 29 heavy (non-hydrogen) atoms. The normalized spacial score (nSPS) is 9.52. The molecular weight excluding hydrogens is 348 g/mol. The maximum Gasteiger partial charge on any atom is -0.0216 e. The molecule has 0 saturated heterocycles. The molecule has 0 atom stereocenters. The zero-order valence-electron chi connectivity index (χ0n) is 21.2. The standard InChI is InChI=1S/C13H20.C11H16.2C2H6.CH4/c1-9(2)12-6-7-13(10(3)4)11(5)8-12;1-8(2)11-6-5-9(3)10(4)7-11;2*1-2;/h6-10H,1-5H3;5-8H,1-4H3;2*1-2H3;1H4. The van der Waals surface area contributed by atoms with Crippen LogP contribution in [-0.4, -0.2) is 0 Å². The van der Waals surface area contributed by atoms with Crippen molar-refractivity contribution in [1.82, 2.24) is 0 Å². The second-order valence-corrected chi connectivity index (χ2v) is 7.92. The lowest BCUT2D eigenvalue weighted by atomic mass is 9.93. The molecule has 0 unspecified atom stereocenters. The summed E-state index contributed by atoms with van der Waals surface area (Å²) in [6, 6.07) is 13.5. The van der Waals surface area contributed by atoms with Crippen LogP contribution in [0.1, 0.15) is 128 Å². The first-order chi connectivity index (χ1) is 13.1. The Balaban J connectivity index is -0.000000389. The second kappa shape index (κ2) is 17.3. The summed E-state index contributed by atoms with van der Waals surface area (Å²) in [5.74, 6) is 1.93. The Morgan fingerprint density at radius 3 is 1.17 bits per heavy atom. The zero-order chi connectivity index (χ0) is 22.4. The Bertz CT molecular complexity index is 645. The molecule has 168 valence electrons. The SMILES string of the molecule is C.CC.CC.Cc1cc(C(C)C)ccc1C(C)C.Cc1ccc(C(C)C)cc1C. The van der Waals surface area contributed by atoms with E-state index in [0.717, 1.165) is 0 Å². The van der Waals surface area contributed by atoms with Gasteiger partial charge in [-0.25, -0.2) is 0 Å². The van der Waals surface area contributed by atoms with Crippen LogP contribution in [0.2, 0.25) is 0 Å². The molecular formula is C29H52. The summed E-state index contributed by atoms with van der Waals surface area (Å²) >= 11 is 0. The first kappa shape index (κ1) is 32.1. The molecule has 0 radical (unpaired) electrons. The van der Waals surface area contributed by atoms with Crippen LogP contribution in [0.4, 0.5) is 0 Å². The van der Waals surface area contributed by atoms with Crippen LogP contribution in [0.25, 0.3) is 0 Å². The summed E-state index contributed by atoms with van der Waals surface area (Å²) in [6.45, 7) is 28.0. The van der Waals surface area contributed by atoms with Crippen LogP contribution in [0.5, 0.6) is 0 Å². The van der Waals surface area contributed by atoms with Gasteiger partial charge in [0.1, 0.15) is 0 Å². The highest BCUT2D eigenvalue weighted by Crippen LogP contribution is 2.23. The fraction of sp³-hybridized carbons (Fsp3) is 0.586. The van der Waals surface area contributed by atoms with Crippen LogP contribution in [0, 0.1) is 20.8 Å². The molecule has 2 rings (SSSR count). The molecule has 0 aliphatic heterocycles. The second-order valence-electron chi connectivity index (χ2n) is 7.92. The lowest BCUT2D eigenvalue weighted by Crippen LogP contribution is -1.95. The molecule has 0 aromatic heterocycles. The van der Waals surface area contributed by atoms with Crippen molar-refractivity contribution in [2.45, 2.75) is 115 Å². The molecule has 2 aromatic carbocycles. The third-order valence-corrected chi connectivity index (χ3v) is 4.78. The van der Waals surface area contributed by atoms with E-state index in [1.165, 1.54) is 33.4 Å². The highest BCUT2D eigenvalue weighted by atomic mass is 14.1. The van der Waals surface area contributed by atoms with Gasteiger partial charge in [-0.3, -0.25) is 0 Å². The molecule has 0 saturated carbocycles. The average Bonchev–Trinajstić information content (AvgIpc) is 2.67. The zero-order valence-corrected chi connectivity index (χ0v) is 21.2. The van der Waals surface area contributed by atoms with E-state index in [4.69, 9.17) is 0 Å². The monoisotopic (exact) mass is 400 g/mol. The first-order valence-corrected chi connectivity index (χ1v) is 11.3. The Hall–Kier alpha value is -1.56. The average molecular weight is 401 g/mol. The van der Waals surface area contributed by atoms with Crippen molar-refractivity contribution >= 4 is 0 Å². The van der Waals surface area contributed by atoms with E-state index in [0.29, 0.717) is 17.8 Å². The quantitative estimate of drug-likeness (QED) is 0.480. The Morgan fingerprint density at radius 2 is 0.862 bits per heavy atom. The minimum Gasteiger partial charge on any atom is -0.0776 e. The number of benzene rings is 2. The van der Waals surface area contributed by atoms with E-state index in [2.05, 4.69) is 98.7 Å². The van der Waals surface area contributed by atoms with Crippen molar-refractivity contribution in [3.8, 4) is 0 Å². The molecule has 0 fully saturated rings. The Kier molecular flexibility index (Phi) is 19.2.